The lowest BCUT2D eigenvalue weighted by Gasteiger charge is -2.18. The number of hydrogen-bond acceptors (Lipinski definition) is 2. The standard InChI is InChI=1S/C7H14N2/c1-9-7-4-2-6(8)3-5-7/h6H,2-5,8H2,1H3. The SMILES string of the molecule is CN=C1CCC(N)CC1. The summed E-state index contributed by atoms with van der Waals surface area (Å²) in [6, 6.07) is 0.440. The summed E-state index contributed by atoms with van der Waals surface area (Å²) in [5, 5.41) is 0. The molecule has 2 heteroatoms. The van der Waals surface area contributed by atoms with E-state index in [0.717, 1.165) is 25.7 Å². The van der Waals surface area contributed by atoms with Gasteiger partial charge in [0.05, 0.1) is 0 Å². The molecule has 0 aliphatic heterocycles. The second kappa shape index (κ2) is 2.97. The van der Waals surface area contributed by atoms with Gasteiger partial charge in [0.2, 0.25) is 0 Å². The van der Waals surface area contributed by atoms with Crippen LogP contribution in [-0.2, 0) is 0 Å². The van der Waals surface area contributed by atoms with E-state index >= 15 is 0 Å². The van der Waals surface area contributed by atoms with Gasteiger partial charge in [0.15, 0.2) is 0 Å². The van der Waals surface area contributed by atoms with Crippen LogP contribution in [0.25, 0.3) is 0 Å². The maximum absolute atomic E-state index is 5.70. The van der Waals surface area contributed by atoms with Gasteiger partial charge < -0.3 is 5.73 Å². The van der Waals surface area contributed by atoms with Crippen LogP contribution >= 0.6 is 0 Å². The molecule has 0 radical (unpaired) electrons. The van der Waals surface area contributed by atoms with Gasteiger partial charge in [-0.05, 0) is 25.7 Å². The summed E-state index contributed by atoms with van der Waals surface area (Å²) < 4.78 is 0. The average Bonchev–Trinajstić information content (AvgIpc) is 1.90. The molecule has 9 heavy (non-hydrogen) atoms. The van der Waals surface area contributed by atoms with Crippen LogP contribution in [-0.4, -0.2) is 18.8 Å². The van der Waals surface area contributed by atoms with Crippen LogP contribution in [0.3, 0.4) is 0 Å². The molecule has 2 N–H and O–H groups in total. The minimum absolute atomic E-state index is 0.440. The Morgan fingerprint density at radius 3 is 2.44 bits per heavy atom. The van der Waals surface area contributed by atoms with Crippen LogP contribution in [0.4, 0.5) is 0 Å². The first-order chi connectivity index (χ1) is 4.33. The number of rotatable bonds is 0. The van der Waals surface area contributed by atoms with E-state index in [2.05, 4.69) is 4.99 Å². The molecule has 2 nitrogen and oxygen atoms in total. The third kappa shape index (κ3) is 1.79. The summed E-state index contributed by atoms with van der Waals surface area (Å²) in [6.07, 6.45) is 4.51. The lowest BCUT2D eigenvalue weighted by Crippen LogP contribution is -2.26. The van der Waals surface area contributed by atoms with Crippen molar-refractivity contribution in [2.75, 3.05) is 7.05 Å². The lowest BCUT2D eigenvalue weighted by molar-refractivity contribution is 0.558. The largest absolute Gasteiger partial charge is 0.328 e. The Morgan fingerprint density at radius 1 is 1.44 bits per heavy atom. The number of nitrogens with two attached hydrogens (primary N) is 1. The molecule has 0 unspecified atom stereocenters. The Kier molecular flexibility index (Phi) is 2.22. The highest BCUT2D eigenvalue weighted by atomic mass is 14.7. The van der Waals surface area contributed by atoms with E-state index in [1.165, 1.54) is 5.71 Å². The minimum atomic E-state index is 0.440. The van der Waals surface area contributed by atoms with Crippen LogP contribution in [0, 0.1) is 0 Å². The Morgan fingerprint density at radius 2 is 2.00 bits per heavy atom. The quantitative estimate of drug-likeness (QED) is 0.516. The van der Waals surface area contributed by atoms with Crippen molar-refractivity contribution in [1.82, 2.24) is 0 Å². The molecule has 0 atom stereocenters. The first kappa shape index (κ1) is 6.75. The third-order valence-electron chi connectivity index (χ3n) is 1.92. The van der Waals surface area contributed by atoms with Gasteiger partial charge in [0.25, 0.3) is 0 Å². The van der Waals surface area contributed by atoms with Gasteiger partial charge in [-0.15, -0.1) is 0 Å². The highest BCUT2D eigenvalue weighted by Gasteiger charge is 2.12. The molecule has 0 aromatic heterocycles. The molecule has 0 saturated heterocycles. The first-order valence-corrected chi connectivity index (χ1v) is 3.53. The van der Waals surface area contributed by atoms with Crippen molar-refractivity contribution >= 4 is 5.71 Å². The van der Waals surface area contributed by atoms with Gasteiger partial charge in [-0.2, -0.15) is 0 Å². The van der Waals surface area contributed by atoms with E-state index < -0.39 is 0 Å². The van der Waals surface area contributed by atoms with E-state index in [-0.39, 0.29) is 0 Å². The molecule has 0 spiro atoms. The minimum Gasteiger partial charge on any atom is -0.328 e. The molecule has 1 fully saturated rings. The van der Waals surface area contributed by atoms with Crippen LogP contribution in [0.1, 0.15) is 25.7 Å². The summed E-state index contributed by atoms with van der Waals surface area (Å²) in [5.41, 5.74) is 7.04. The van der Waals surface area contributed by atoms with Gasteiger partial charge in [-0.3, -0.25) is 4.99 Å². The van der Waals surface area contributed by atoms with E-state index in [0.29, 0.717) is 6.04 Å². The predicted molar refractivity (Wildman–Crippen MR) is 39.8 cm³/mol. The Balaban J connectivity index is 2.35. The van der Waals surface area contributed by atoms with Crippen molar-refractivity contribution in [2.24, 2.45) is 10.7 Å². The molecule has 1 aliphatic carbocycles. The van der Waals surface area contributed by atoms with E-state index in [1.807, 2.05) is 7.05 Å². The zero-order valence-corrected chi connectivity index (χ0v) is 5.93. The van der Waals surface area contributed by atoms with Gasteiger partial charge in [-0.25, -0.2) is 0 Å². The van der Waals surface area contributed by atoms with Gasteiger partial charge in [-0.1, -0.05) is 0 Å². The summed E-state index contributed by atoms with van der Waals surface area (Å²) in [6.45, 7) is 0. The second-order valence-corrected chi connectivity index (χ2v) is 2.63. The first-order valence-electron chi connectivity index (χ1n) is 3.53. The normalized spacial score (nSPS) is 28.2. The predicted octanol–water partition coefficient (Wildman–Crippen LogP) is 0.959. The van der Waals surface area contributed by atoms with Crippen molar-refractivity contribution in [3.8, 4) is 0 Å². The second-order valence-electron chi connectivity index (χ2n) is 2.63. The van der Waals surface area contributed by atoms with E-state index in [4.69, 9.17) is 5.73 Å². The molecule has 0 aromatic carbocycles. The number of nitrogens with zero attached hydrogens (tertiary/aromatic N) is 1. The monoisotopic (exact) mass is 126 g/mol. The fourth-order valence-corrected chi connectivity index (χ4v) is 1.20. The van der Waals surface area contributed by atoms with Crippen molar-refractivity contribution in [3.63, 3.8) is 0 Å². The molecule has 0 amide bonds. The zero-order valence-electron chi connectivity index (χ0n) is 5.93. The van der Waals surface area contributed by atoms with E-state index in [9.17, 15) is 0 Å². The van der Waals surface area contributed by atoms with Crippen molar-refractivity contribution in [2.45, 2.75) is 31.7 Å². The number of hydrogen-bond donors (Lipinski definition) is 1. The smallest absolute Gasteiger partial charge is 0.0276 e. The molecule has 1 rings (SSSR count). The van der Waals surface area contributed by atoms with Crippen LogP contribution in [0.15, 0.2) is 4.99 Å². The third-order valence-corrected chi connectivity index (χ3v) is 1.92. The molecule has 0 aromatic rings. The molecule has 52 valence electrons. The molecular formula is C7H14N2. The lowest BCUT2D eigenvalue weighted by atomic mass is 9.94. The summed E-state index contributed by atoms with van der Waals surface area (Å²) in [7, 11) is 1.87. The van der Waals surface area contributed by atoms with E-state index in [1.54, 1.807) is 0 Å². The Labute approximate surface area is 56.2 Å². The van der Waals surface area contributed by atoms with Crippen molar-refractivity contribution in [1.29, 1.82) is 0 Å². The van der Waals surface area contributed by atoms with Crippen LogP contribution in [0.2, 0.25) is 0 Å². The fourth-order valence-electron chi connectivity index (χ4n) is 1.20. The van der Waals surface area contributed by atoms with Crippen LogP contribution < -0.4 is 5.73 Å². The fraction of sp³-hybridized carbons (Fsp3) is 0.857. The summed E-state index contributed by atoms with van der Waals surface area (Å²) >= 11 is 0. The van der Waals surface area contributed by atoms with Gasteiger partial charge >= 0.3 is 0 Å². The Hall–Kier alpha value is -0.370. The number of aliphatic imine (C=N–C) groups is 1. The molecule has 1 aliphatic rings. The Bertz CT molecular complexity index is 108. The average molecular weight is 126 g/mol. The highest BCUT2D eigenvalue weighted by Crippen LogP contribution is 2.13. The van der Waals surface area contributed by atoms with Crippen LogP contribution in [0.5, 0.6) is 0 Å². The molecule has 1 saturated carbocycles. The maximum Gasteiger partial charge on any atom is 0.0276 e. The molecule has 0 bridgehead atoms. The summed E-state index contributed by atoms with van der Waals surface area (Å²) in [5.74, 6) is 0. The van der Waals surface area contributed by atoms with Gasteiger partial charge in [0.1, 0.15) is 0 Å². The molecule has 0 heterocycles. The maximum atomic E-state index is 5.70. The highest BCUT2D eigenvalue weighted by molar-refractivity contribution is 5.85. The topological polar surface area (TPSA) is 38.4 Å². The van der Waals surface area contributed by atoms with Crippen molar-refractivity contribution in [3.05, 3.63) is 0 Å². The van der Waals surface area contributed by atoms with Crippen molar-refractivity contribution < 1.29 is 0 Å². The molecular weight excluding hydrogens is 112 g/mol. The zero-order chi connectivity index (χ0) is 6.69. The summed E-state index contributed by atoms with van der Waals surface area (Å²) in [4.78, 5) is 4.14. The van der Waals surface area contributed by atoms with Gasteiger partial charge in [0, 0.05) is 18.8 Å².